The van der Waals surface area contributed by atoms with Crippen molar-refractivity contribution in [1.29, 1.82) is 0 Å². The van der Waals surface area contributed by atoms with Crippen LogP contribution in [0.15, 0.2) is 0 Å². The van der Waals surface area contributed by atoms with Gasteiger partial charge in [0.1, 0.15) is 0 Å². The van der Waals surface area contributed by atoms with Gasteiger partial charge in [0.25, 0.3) is 0 Å². The van der Waals surface area contributed by atoms with Crippen LogP contribution in [0.25, 0.3) is 0 Å². The number of aliphatic hydroxyl groups is 1. The Labute approximate surface area is 117 Å². The number of hydrogen-bond donors (Lipinski definition) is 3. The highest BCUT2D eigenvalue weighted by Crippen LogP contribution is 2.31. The highest BCUT2D eigenvalue weighted by atomic mass is 16.3. The quantitative estimate of drug-likeness (QED) is 0.716. The molecule has 0 spiro atoms. The Bertz CT molecular complexity index is 313. The van der Waals surface area contributed by atoms with Gasteiger partial charge in [-0.3, -0.25) is 4.79 Å². The SMILES string of the molecule is CNC1(CC(=O)NC(C)(C)C(C)(C)O)CCCCC1. The fourth-order valence-electron chi connectivity index (χ4n) is 2.60. The van der Waals surface area contributed by atoms with Crippen LogP contribution in [-0.2, 0) is 4.79 Å². The van der Waals surface area contributed by atoms with E-state index >= 15 is 0 Å². The normalized spacial score (nSPS) is 20.1. The second-order valence-electron chi connectivity index (χ2n) is 7.00. The lowest BCUT2D eigenvalue weighted by Crippen LogP contribution is -2.59. The molecule has 0 aromatic heterocycles. The number of nitrogens with one attached hydrogen (secondary N) is 2. The smallest absolute Gasteiger partial charge is 0.222 e. The first kappa shape index (κ1) is 16.4. The summed E-state index contributed by atoms with van der Waals surface area (Å²) in [6, 6.07) is 0. The van der Waals surface area contributed by atoms with Crippen LogP contribution in [0.1, 0.15) is 66.2 Å². The van der Waals surface area contributed by atoms with E-state index in [4.69, 9.17) is 0 Å². The monoisotopic (exact) mass is 270 g/mol. The Hall–Kier alpha value is -0.610. The third-order valence-electron chi connectivity index (χ3n) is 4.82. The van der Waals surface area contributed by atoms with Crippen molar-refractivity contribution in [2.24, 2.45) is 0 Å². The van der Waals surface area contributed by atoms with Crippen LogP contribution in [0.3, 0.4) is 0 Å². The van der Waals surface area contributed by atoms with Crippen LogP contribution < -0.4 is 10.6 Å². The molecule has 0 heterocycles. The zero-order valence-electron chi connectivity index (χ0n) is 13.1. The molecule has 19 heavy (non-hydrogen) atoms. The van der Waals surface area contributed by atoms with Crippen LogP contribution in [0.2, 0.25) is 0 Å². The maximum atomic E-state index is 12.3. The second-order valence-corrected chi connectivity index (χ2v) is 7.00. The van der Waals surface area contributed by atoms with Gasteiger partial charge in [0.15, 0.2) is 0 Å². The van der Waals surface area contributed by atoms with E-state index in [2.05, 4.69) is 10.6 Å². The Morgan fingerprint density at radius 2 is 1.68 bits per heavy atom. The zero-order valence-corrected chi connectivity index (χ0v) is 13.1. The van der Waals surface area contributed by atoms with E-state index < -0.39 is 11.1 Å². The number of carbonyl (C=O) groups excluding carboxylic acids is 1. The largest absolute Gasteiger partial charge is 0.388 e. The Balaban J connectivity index is 2.64. The molecular weight excluding hydrogens is 240 g/mol. The fourth-order valence-corrected chi connectivity index (χ4v) is 2.60. The first-order chi connectivity index (χ1) is 8.62. The summed E-state index contributed by atoms with van der Waals surface area (Å²) in [7, 11) is 1.94. The Morgan fingerprint density at radius 1 is 1.16 bits per heavy atom. The molecule has 0 radical (unpaired) electrons. The molecule has 0 aliphatic heterocycles. The standard InChI is InChI=1S/C15H30N2O2/c1-13(2,14(3,4)19)17-12(18)11-15(16-5)9-7-6-8-10-15/h16,19H,6-11H2,1-5H3,(H,17,18). The summed E-state index contributed by atoms with van der Waals surface area (Å²) < 4.78 is 0. The van der Waals surface area contributed by atoms with Gasteiger partial charge in [0, 0.05) is 12.0 Å². The molecule has 1 rings (SSSR count). The summed E-state index contributed by atoms with van der Waals surface area (Å²) >= 11 is 0. The van der Waals surface area contributed by atoms with Crippen LogP contribution >= 0.6 is 0 Å². The predicted octanol–water partition coefficient (Wildman–Crippen LogP) is 1.96. The van der Waals surface area contributed by atoms with Gasteiger partial charge in [0.2, 0.25) is 5.91 Å². The molecular formula is C15H30N2O2. The lowest BCUT2D eigenvalue weighted by Gasteiger charge is -2.41. The lowest BCUT2D eigenvalue weighted by atomic mass is 9.78. The van der Waals surface area contributed by atoms with Gasteiger partial charge in [-0.1, -0.05) is 19.3 Å². The van der Waals surface area contributed by atoms with Crippen molar-refractivity contribution in [3.63, 3.8) is 0 Å². The molecule has 0 unspecified atom stereocenters. The van der Waals surface area contributed by atoms with Crippen molar-refractivity contribution in [3.05, 3.63) is 0 Å². The molecule has 4 heteroatoms. The van der Waals surface area contributed by atoms with E-state index in [0.29, 0.717) is 6.42 Å². The summed E-state index contributed by atoms with van der Waals surface area (Å²) in [5, 5.41) is 16.4. The van der Waals surface area contributed by atoms with E-state index in [0.717, 1.165) is 12.8 Å². The van der Waals surface area contributed by atoms with E-state index in [9.17, 15) is 9.90 Å². The molecule has 1 aliphatic rings. The molecule has 0 aromatic carbocycles. The summed E-state index contributed by atoms with van der Waals surface area (Å²) in [5.41, 5.74) is -1.63. The van der Waals surface area contributed by atoms with Crippen molar-refractivity contribution < 1.29 is 9.90 Å². The Kier molecular flexibility index (Phi) is 5.02. The summed E-state index contributed by atoms with van der Waals surface area (Å²) in [6.45, 7) is 7.17. The minimum absolute atomic E-state index is 0.0170. The molecule has 1 saturated carbocycles. The van der Waals surface area contributed by atoms with Crippen molar-refractivity contribution in [2.75, 3.05) is 7.05 Å². The first-order valence-corrected chi connectivity index (χ1v) is 7.34. The van der Waals surface area contributed by atoms with Crippen LogP contribution in [0.4, 0.5) is 0 Å². The van der Waals surface area contributed by atoms with Crippen LogP contribution in [0.5, 0.6) is 0 Å². The average Bonchev–Trinajstić information content (AvgIpc) is 2.27. The number of hydrogen-bond acceptors (Lipinski definition) is 3. The van der Waals surface area contributed by atoms with Crippen molar-refractivity contribution in [2.45, 2.75) is 82.9 Å². The molecule has 3 N–H and O–H groups in total. The summed E-state index contributed by atoms with van der Waals surface area (Å²) in [5.74, 6) is 0.0170. The van der Waals surface area contributed by atoms with Crippen LogP contribution in [0, 0.1) is 0 Å². The van der Waals surface area contributed by atoms with Crippen molar-refractivity contribution in [3.8, 4) is 0 Å². The Morgan fingerprint density at radius 3 is 2.11 bits per heavy atom. The second kappa shape index (κ2) is 5.80. The molecule has 0 bridgehead atoms. The van der Waals surface area contributed by atoms with E-state index in [-0.39, 0.29) is 11.4 Å². The van der Waals surface area contributed by atoms with Gasteiger partial charge in [0.05, 0.1) is 11.1 Å². The number of amides is 1. The maximum Gasteiger partial charge on any atom is 0.222 e. The van der Waals surface area contributed by atoms with Gasteiger partial charge in [-0.05, 0) is 47.6 Å². The molecule has 0 atom stereocenters. The molecule has 0 aromatic rings. The lowest BCUT2D eigenvalue weighted by molar-refractivity contribution is -0.128. The molecule has 4 nitrogen and oxygen atoms in total. The van der Waals surface area contributed by atoms with Gasteiger partial charge in [-0.2, -0.15) is 0 Å². The third kappa shape index (κ3) is 4.18. The predicted molar refractivity (Wildman–Crippen MR) is 78.0 cm³/mol. The van der Waals surface area contributed by atoms with Gasteiger partial charge < -0.3 is 15.7 Å². The molecule has 1 fully saturated rings. The van der Waals surface area contributed by atoms with E-state index in [1.165, 1.54) is 19.3 Å². The highest BCUT2D eigenvalue weighted by Gasteiger charge is 2.39. The number of carbonyl (C=O) groups is 1. The minimum Gasteiger partial charge on any atom is -0.388 e. The fraction of sp³-hybridized carbons (Fsp3) is 0.933. The minimum atomic E-state index is -0.942. The van der Waals surface area contributed by atoms with E-state index in [1.54, 1.807) is 13.8 Å². The first-order valence-electron chi connectivity index (χ1n) is 7.34. The maximum absolute atomic E-state index is 12.3. The zero-order chi connectivity index (χ0) is 14.7. The van der Waals surface area contributed by atoms with Gasteiger partial charge in [-0.25, -0.2) is 0 Å². The third-order valence-corrected chi connectivity index (χ3v) is 4.82. The average molecular weight is 270 g/mol. The molecule has 1 aliphatic carbocycles. The topological polar surface area (TPSA) is 61.4 Å². The van der Waals surface area contributed by atoms with Crippen LogP contribution in [-0.4, -0.2) is 34.7 Å². The molecule has 1 amide bonds. The summed E-state index contributed by atoms with van der Waals surface area (Å²) in [4.78, 5) is 12.3. The molecule has 112 valence electrons. The van der Waals surface area contributed by atoms with Crippen molar-refractivity contribution in [1.82, 2.24) is 10.6 Å². The highest BCUT2D eigenvalue weighted by molar-refractivity contribution is 5.78. The number of rotatable bonds is 5. The van der Waals surface area contributed by atoms with Gasteiger partial charge >= 0.3 is 0 Å². The van der Waals surface area contributed by atoms with Gasteiger partial charge in [-0.15, -0.1) is 0 Å². The van der Waals surface area contributed by atoms with E-state index in [1.807, 2.05) is 20.9 Å². The summed E-state index contributed by atoms with van der Waals surface area (Å²) in [6.07, 6.45) is 6.23. The van der Waals surface area contributed by atoms with Crippen molar-refractivity contribution >= 4 is 5.91 Å². The molecule has 0 saturated heterocycles.